The fraction of sp³-hybridized carbons (Fsp3) is 0.250. The van der Waals surface area contributed by atoms with E-state index < -0.39 is 0 Å². The fourth-order valence-corrected chi connectivity index (χ4v) is 2.56. The lowest BCUT2D eigenvalue weighted by Crippen LogP contribution is -1.80. The van der Waals surface area contributed by atoms with Crippen molar-refractivity contribution in [1.82, 2.24) is 10.2 Å². The molecule has 13 heavy (non-hydrogen) atoms. The van der Waals surface area contributed by atoms with Crippen LogP contribution in [0.1, 0.15) is 17.3 Å². The van der Waals surface area contributed by atoms with Gasteiger partial charge in [-0.25, -0.2) is 0 Å². The number of rotatable bonds is 2. The molecule has 2 nitrogen and oxygen atoms in total. The fourth-order valence-electron chi connectivity index (χ4n) is 0.898. The van der Waals surface area contributed by atoms with Gasteiger partial charge in [0.25, 0.3) is 0 Å². The van der Waals surface area contributed by atoms with Gasteiger partial charge in [0.2, 0.25) is 0 Å². The van der Waals surface area contributed by atoms with Gasteiger partial charge in [-0.15, -0.1) is 21.8 Å². The molecule has 0 aliphatic heterocycles. The summed E-state index contributed by atoms with van der Waals surface area (Å²) >= 11 is 9.10. The van der Waals surface area contributed by atoms with Gasteiger partial charge in [0.05, 0.1) is 5.38 Å². The zero-order chi connectivity index (χ0) is 9.26. The summed E-state index contributed by atoms with van der Waals surface area (Å²) in [5.41, 5.74) is 1.13. The predicted octanol–water partition coefficient (Wildman–Crippen LogP) is 3.57. The van der Waals surface area contributed by atoms with E-state index >= 15 is 0 Å². The third-order valence-electron chi connectivity index (χ3n) is 1.55. The first-order valence-corrected chi connectivity index (χ1v) is 5.97. The Labute approximate surface area is 89.2 Å². The Hall–Kier alpha value is -0.450. The van der Waals surface area contributed by atoms with E-state index in [4.69, 9.17) is 11.6 Å². The smallest absolute Gasteiger partial charge is 0.148 e. The van der Waals surface area contributed by atoms with Crippen molar-refractivity contribution in [2.45, 2.75) is 12.3 Å². The SMILES string of the molecule is CC(Cl)c1nnc(-c2ccsc2)s1. The predicted molar refractivity (Wildman–Crippen MR) is 57.5 cm³/mol. The summed E-state index contributed by atoms with van der Waals surface area (Å²) in [5, 5.41) is 13.9. The molecule has 2 aromatic heterocycles. The molecule has 0 saturated carbocycles. The molecule has 0 spiro atoms. The van der Waals surface area contributed by atoms with Crippen LogP contribution in [0.4, 0.5) is 0 Å². The highest BCUT2D eigenvalue weighted by Crippen LogP contribution is 2.30. The van der Waals surface area contributed by atoms with Crippen molar-refractivity contribution in [2.24, 2.45) is 0 Å². The first-order chi connectivity index (χ1) is 6.27. The number of nitrogens with zero attached hydrogens (tertiary/aromatic N) is 2. The highest BCUT2D eigenvalue weighted by Gasteiger charge is 2.10. The lowest BCUT2D eigenvalue weighted by molar-refractivity contribution is 0.963. The molecule has 0 N–H and O–H groups in total. The number of hydrogen-bond acceptors (Lipinski definition) is 4. The van der Waals surface area contributed by atoms with Gasteiger partial charge in [0.1, 0.15) is 10.0 Å². The molecule has 1 unspecified atom stereocenters. The normalized spacial score (nSPS) is 13.1. The summed E-state index contributed by atoms with van der Waals surface area (Å²) in [6.45, 7) is 1.90. The van der Waals surface area contributed by atoms with Crippen LogP contribution in [0.15, 0.2) is 16.8 Å². The summed E-state index contributed by atoms with van der Waals surface area (Å²) in [5.74, 6) is 0. The average molecular weight is 231 g/mol. The topological polar surface area (TPSA) is 25.8 Å². The van der Waals surface area contributed by atoms with Gasteiger partial charge in [-0.05, 0) is 18.4 Å². The molecule has 0 fully saturated rings. The molecule has 2 heterocycles. The van der Waals surface area contributed by atoms with Crippen molar-refractivity contribution in [3.8, 4) is 10.6 Å². The van der Waals surface area contributed by atoms with E-state index in [1.165, 1.54) is 0 Å². The monoisotopic (exact) mass is 230 g/mol. The molecular formula is C8H7ClN2S2. The average Bonchev–Trinajstić information content (AvgIpc) is 2.75. The number of alkyl halides is 1. The number of aromatic nitrogens is 2. The van der Waals surface area contributed by atoms with Gasteiger partial charge < -0.3 is 0 Å². The van der Waals surface area contributed by atoms with E-state index in [-0.39, 0.29) is 5.38 Å². The summed E-state index contributed by atoms with van der Waals surface area (Å²) in [6.07, 6.45) is 0. The van der Waals surface area contributed by atoms with Gasteiger partial charge in [-0.3, -0.25) is 0 Å². The summed E-state index contributed by atoms with van der Waals surface area (Å²) in [4.78, 5) is 0. The Morgan fingerprint density at radius 1 is 1.46 bits per heavy atom. The third-order valence-corrected chi connectivity index (χ3v) is 3.72. The first-order valence-electron chi connectivity index (χ1n) is 3.77. The first kappa shape index (κ1) is 9.12. The second kappa shape index (κ2) is 3.74. The van der Waals surface area contributed by atoms with Crippen LogP contribution in [0.25, 0.3) is 10.6 Å². The van der Waals surface area contributed by atoms with Crippen LogP contribution in [-0.2, 0) is 0 Å². The Morgan fingerprint density at radius 2 is 2.31 bits per heavy atom. The van der Waals surface area contributed by atoms with Gasteiger partial charge in [-0.2, -0.15) is 11.3 Å². The lowest BCUT2D eigenvalue weighted by Gasteiger charge is -1.90. The van der Waals surface area contributed by atoms with Crippen molar-refractivity contribution in [1.29, 1.82) is 0 Å². The molecule has 68 valence electrons. The highest BCUT2D eigenvalue weighted by molar-refractivity contribution is 7.15. The van der Waals surface area contributed by atoms with Crippen molar-refractivity contribution < 1.29 is 0 Å². The number of thiophene rings is 1. The van der Waals surface area contributed by atoms with Crippen LogP contribution in [0.5, 0.6) is 0 Å². The van der Waals surface area contributed by atoms with Gasteiger partial charge >= 0.3 is 0 Å². The van der Waals surface area contributed by atoms with Crippen molar-refractivity contribution in [3.63, 3.8) is 0 Å². The summed E-state index contributed by atoms with van der Waals surface area (Å²) in [6, 6.07) is 2.04. The molecule has 0 radical (unpaired) electrons. The second-order valence-electron chi connectivity index (χ2n) is 2.57. The van der Waals surface area contributed by atoms with E-state index in [9.17, 15) is 0 Å². The molecule has 2 rings (SSSR count). The molecular weight excluding hydrogens is 224 g/mol. The third kappa shape index (κ3) is 1.90. The standard InChI is InChI=1S/C8H7ClN2S2/c1-5(9)7-10-11-8(13-7)6-2-3-12-4-6/h2-5H,1H3. The van der Waals surface area contributed by atoms with Gasteiger partial charge in [-0.1, -0.05) is 11.3 Å². The van der Waals surface area contributed by atoms with E-state index in [1.54, 1.807) is 22.7 Å². The van der Waals surface area contributed by atoms with Gasteiger partial charge in [0, 0.05) is 10.9 Å². The molecule has 0 amide bonds. The van der Waals surface area contributed by atoms with E-state index in [1.807, 2.05) is 18.4 Å². The van der Waals surface area contributed by atoms with Crippen LogP contribution >= 0.6 is 34.3 Å². The molecule has 0 aliphatic rings. The maximum atomic E-state index is 5.89. The summed E-state index contributed by atoms with van der Waals surface area (Å²) in [7, 11) is 0. The second-order valence-corrected chi connectivity index (χ2v) is 5.02. The van der Waals surface area contributed by atoms with Crippen molar-refractivity contribution >= 4 is 34.3 Å². The van der Waals surface area contributed by atoms with E-state index in [0.717, 1.165) is 15.6 Å². The Kier molecular flexibility index (Phi) is 2.62. The van der Waals surface area contributed by atoms with Crippen molar-refractivity contribution in [2.75, 3.05) is 0 Å². The quantitative estimate of drug-likeness (QED) is 0.738. The molecule has 5 heteroatoms. The minimum Gasteiger partial charge on any atom is -0.152 e. The molecule has 1 atom stereocenters. The Morgan fingerprint density at radius 3 is 2.85 bits per heavy atom. The zero-order valence-electron chi connectivity index (χ0n) is 6.90. The molecule has 2 aromatic rings. The van der Waals surface area contributed by atoms with E-state index in [2.05, 4.69) is 15.6 Å². The molecule has 0 aliphatic carbocycles. The van der Waals surface area contributed by atoms with Crippen LogP contribution in [0.3, 0.4) is 0 Å². The van der Waals surface area contributed by atoms with Crippen LogP contribution < -0.4 is 0 Å². The Balaban J connectivity index is 2.33. The van der Waals surface area contributed by atoms with E-state index in [0.29, 0.717) is 0 Å². The maximum Gasteiger partial charge on any atom is 0.148 e. The minimum absolute atomic E-state index is 0.0510. The minimum atomic E-state index is -0.0510. The molecule has 0 saturated heterocycles. The van der Waals surface area contributed by atoms with Crippen LogP contribution in [-0.4, -0.2) is 10.2 Å². The molecule has 0 aromatic carbocycles. The maximum absolute atomic E-state index is 5.89. The Bertz CT molecular complexity index is 381. The lowest BCUT2D eigenvalue weighted by atomic mass is 10.4. The summed E-state index contributed by atoms with van der Waals surface area (Å²) < 4.78 is 0. The zero-order valence-corrected chi connectivity index (χ0v) is 9.29. The number of halogens is 1. The van der Waals surface area contributed by atoms with Crippen LogP contribution in [0, 0.1) is 0 Å². The van der Waals surface area contributed by atoms with Crippen molar-refractivity contribution in [3.05, 3.63) is 21.8 Å². The van der Waals surface area contributed by atoms with Crippen LogP contribution in [0.2, 0.25) is 0 Å². The molecule has 0 bridgehead atoms. The highest BCUT2D eigenvalue weighted by atomic mass is 35.5. The largest absolute Gasteiger partial charge is 0.152 e. The van der Waals surface area contributed by atoms with Gasteiger partial charge in [0.15, 0.2) is 0 Å². The number of hydrogen-bond donors (Lipinski definition) is 0.